The lowest BCUT2D eigenvalue weighted by atomic mass is 9.96. The third-order valence-corrected chi connectivity index (χ3v) is 2.92. The summed E-state index contributed by atoms with van der Waals surface area (Å²) in [6.07, 6.45) is 9.44. The molecule has 0 spiro atoms. The molecule has 0 heterocycles. The highest BCUT2D eigenvalue weighted by molar-refractivity contribution is 6.17. The number of hydrogen-bond donors (Lipinski definition) is 0. The van der Waals surface area contributed by atoms with E-state index < -0.39 is 0 Å². The van der Waals surface area contributed by atoms with E-state index in [1.54, 1.807) is 0 Å². The molecular weight excluding hydrogens is 168 g/mol. The normalized spacial score (nSPS) is 11.0. The summed E-state index contributed by atoms with van der Waals surface area (Å²) in [6.45, 7) is 4.60. The third-order valence-electron chi connectivity index (χ3n) is 2.65. The van der Waals surface area contributed by atoms with Gasteiger partial charge in [-0.15, -0.1) is 11.6 Å². The van der Waals surface area contributed by atoms with Gasteiger partial charge in [0, 0.05) is 5.88 Å². The van der Waals surface area contributed by atoms with Crippen LogP contribution in [0.1, 0.15) is 58.8 Å². The first-order valence-corrected chi connectivity index (χ1v) is 5.94. The Labute approximate surface area is 82.7 Å². The minimum atomic E-state index is 0.838. The van der Waals surface area contributed by atoms with Crippen LogP contribution >= 0.6 is 11.6 Å². The van der Waals surface area contributed by atoms with Gasteiger partial charge in [0.1, 0.15) is 0 Å². The highest BCUT2D eigenvalue weighted by atomic mass is 35.5. The molecule has 0 aliphatic heterocycles. The van der Waals surface area contributed by atoms with Crippen molar-refractivity contribution in [3.63, 3.8) is 0 Å². The zero-order valence-electron chi connectivity index (χ0n) is 8.61. The fraction of sp³-hybridized carbons (Fsp3) is 1.00. The minimum Gasteiger partial charge on any atom is -0.127 e. The molecule has 0 atom stereocenters. The van der Waals surface area contributed by atoms with Crippen molar-refractivity contribution in [1.29, 1.82) is 0 Å². The number of rotatable bonds is 8. The van der Waals surface area contributed by atoms with E-state index in [0.29, 0.717) is 0 Å². The van der Waals surface area contributed by atoms with Crippen LogP contribution in [0.2, 0.25) is 0 Å². The van der Waals surface area contributed by atoms with Crippen molar-refractivity contribution in [2.24, 2.45) is 5.92 Å². The van der Waals surface area contributed by atoms with E-state index in [1.165, 1.54) is 44.9 Å². The van der Waals surface area contributed by atoms with Crippen LogP contribution in [0.4, 0.5) is 0 Å². The summed E-state index contributed by atoms with van der Waals surface area (Å²) in [5.41, 5.74) is 0. The van der Waals surface area contributed by atoms with Gasteiger partial charge in [0.2, 0.25) is 0 Å². The lowest BCUT2D eigenvalue weighted by molar-refractivity contribution is 0.429. The number of unbranched alkanes of at least 4 members (excludes halogenated alkanes) is 3. The van der Waals surface area contributed by atoms with Gasteiger partial charge in [0.25, 0.3) is 0 Å². The Morgan fingerprint density at radius 3 is 2.00 bits per heavy atom. The van der Waals surface area contributed by atoms with Gasteiger partial charge < -0.3 is 0 Å². The Morgan fingerprint density at radius 2 is 1.50 bits per heavy atom. The molecule has 0 aliphatic carbocycles. The molecule has 0 aliphatic rings. The zero-order valence-corrected chi connectivity index (χ0v) is 9.37. The molecule has 74 valence electrons. The van der Waals surface area contributed by atoms with Crippen LogP contribution in [0.15, 0.2) is 0 Å². The predicted molar refractivity (Wildman–Crippen MR) is 57.9 cm³/mol. The molecule has 0 unspecified atom stereocenters. The zero-order chi connectivity index (χ0) is 9.23. The Bertz CT molecular complexity index is 77.1. The maximum absolute atomic E-state index is 5.60. The fourth-order valence-corrected chi connectivity index (χ4v) is 1.77. The second-order valence-corrected chi connectivity index (χ2v) is 3.95. The molecule has 0 saturated carbocycles. The number of hydrogen-bond acceptors (Lipinski definition) is 0. The quantitative estimate of drug-likeness (QED) is 0.387. The minimum absolute atomic E-state index is 0.838. The number of alkyl halides is 1. The van der Waals surface area contributed by atoms with E-state index in [-0.39, 0.29) is 0 Å². The summed E-state index contributed by atoms with van der Waals surface area (Å²) in [7, 11) is 0. The van der Waals surface area contributed by atoms with E-state index in [4.69, 9.17) is 11.6 Å². The highest BCUT2D eigenvalue weighted by Gasteiger charge is 2.01. The molecule has 0 fully saturated rings. The molecule has 0 aromatic carbocycles. The van der Waals surface area contributed by atoms with Gasteiger partial charge in [-0.2, -0.15) is 0 Å². The molecule has 0 bridgehead atoms. The molecule has 0 saturated heterocycles. The largest absolute Gasteiger partial charge is 0.127 e. The van der Waals surface area contributed by atoms with Gasteiger partial charge in [0.05, 0.1) is 0 Å². The second-order valence-electron chi connectivity index (χ2n) is 3.57. The summed E-state index contributed by atoms with van der Waals surface area (Å²) in [4.78, 5) is 0. The molecule has 0 radical (unpaired) electrons. The van der Waals surface area contributed by atoms with E-state index in [2.05, 4.69) is 13.8 Å². The van der Waals surface area contributed by atoms with Crippen LogP contribution in [0, 0.1) is 5.92 Å². The molecule has 1 heteroatoms. The van der Waals surface area contributed by atoms with Crippen molar-refractivity contribution in [3.05, 3.63) is 0 Å². The standard InChI is InChI=1S/C11H23Cl/c1-3-11(4-2)9-7-5-6-8-10-12/h11H,3-10H2,1-2H3. The van der Waals surface area contributed by atoms with Crippen molar-refractivity contribution in [1.82, 2.24) is 0 Å². The van der Waals surface area contributed by atoms with Gasteiger partial charge >= 0.3 is 0 Å². The monoisotopic (exact) mass is 190 g/mol. The van der Waals surface area contributed by atoms with Crippen LogP contribution < -0.4 is 0 Å². The van der Waals surface area contributed by atoms with Crippen LogP contribution in [0.25, 0.3) is 0 Å². The Balaban J connectivity index is 3.06. The van der Waals surface area contributed by atoms with Crippen molar-refractivity contribution >= 4 is 11.6 Å². The van der Waals surface area contributed by atoms with Crippen molar-refractivity contribution < 1.29 is 0 Å². The summed E-state index contributed by atoms with van der Waals surface area (Å²) < 4.78 is 0. The molecule has 0 rings (SSSR count). The first-order chi connectivity index (χ1) is 5.85. The summed E-state index contributed by atoms with van der Waals surface area (Å²) in [5.74, 6) is 1.81. The Morgan fingerprint density at radius 1 is 0.917 bits per heavy atom. The van der Waals surface area contributed by atoms with Crippen LogP contribution in [0.5, 0.6) is 0 Å². The average molecular weight is 191 g/mol. The first kappa shape index (κ1) is 12.3. The van der Waals surface area contributed by atoms with E-state index in [0.717, 1.165) is 11.8 Å². The van der Waals surface area contributed by atoms with E-state index in [1.807, 2.05) is 0 Å². The van der Waals surface area contributed by atoms with Crippen LogP contribution in [-0.2, 0) is 0 Å². The lowest BCUT2D eigenvalue weighted by Gasteiger charge is -2.10. The summed E-state index contributed by atoms with van der Waals surface area (Å²) in [5, 5.41) is 0. The summed E-state index contributed by atoms with van der Waals surface area (Å²) in [6, 6.07) is 0. The highest BCUT2D eigenvalue weighted by Crippen LogP contribution is 2.16. The van der Waals surface area contributed by atoms with Crippen LogP contribution in [0.3, 0.4) is 0 Å². The Kier molecular flexibility index (Phi) is 9.61. The molecular formula is C11H23Cl. The topological polar surface area (TPSA) is 0 Å². The predicted octanol–water partition coefficient (Wildman–Crippen LogP) is 4.61. The van der Waals surface area contributed by atoms with Crippen LogP contribution in [-0.4, -0.2) is 5.88 Å². The molecule has 0 amide bonds. The third kappa shape index (κ3) is 6.97. The van der Waals surface area contributed by atoms with Gasteiger partial charge in [-0.1, -0.05) is 52.4 Å². The first-order valence-electron chi connectivity index (χ1n) is 5.41. The van der Waals surface area contributed by atoms with Gasteiger partial charge in [-0.3, -0.25) is 0 Å². The van der Waals surface area contributed by atoms with Gasteiger partial charge in [-0.25, -0.2) is 0 Å². The maximum Gasteiger partial charge on any atom is 0.0223 e. The SMILES string of the molecule is CCC(CC)CCCCCCCl. The van der Waals surface area contributed by atoms with Crippen molar-refractivity contribution in [2.45, 2.75) is 58.8 Å². The fourth-order valence-electron chi connectivity index (χ4n) is 1.58. The van der Waals surface area contributed by atoms with Gasteiger partial charge in [0.15, 0.2) is 0 Å². The maximum atomic E-state index is 5.60. The second kappa shape index (κ2) is 9.38. The van der Waals surface area contributed by atoms with Gasteiger partial charge in [-0.05, 0) is 12.3 Å². The molecule has 0 nitrogen and oxygen atoms in total. The van der Waals surface area contributed by atoms with E-state index in [9.17, 15) is 0 Å². The molecule has 0 N–H and O–H groups in total. The molecule has 12 heavy (non-hydrogen) atoms. The summed E-state index contributed by atoms with van der Waals surface area (Å²) >= 11 is 5.60. The smallest absolute Gasteiger partial charge is 0.0223 e. The average Bonchev–Trinajstić information content (AvgIpc) is 2.11. The van der Waals surface area contributed by atoms with E-state index >= 15 is 0 Å². The Hall–Kier alpha value is 0.290. The molecule has 0 aromatic heterocycles. The van der Waals surface area contributed by atoms with Crippen molar-refractivity contribution in [2.75, 3.05) is 5.88 Å². The molecule has 0 aromatic rings. The lowest BCUT2D eigenvalue weighted by Crippen LogP contribution is -1.96. The number of halogens is 1. The van der Waals surface area contributed by atoms with Crippen molar-refractivity contribution in [3.8, 4) is 0 Å².